The van der Waals surface area contributed by atoms with Crippen LogP contribution in [0.3, 0.4) is 0 Å². The fourth-order valence-corrected chi connectivity index (χ4v) is 1.84. The van der Waals surface area contributed by atoms with Gasteiger partial charge in [-0.05, 0) is 43.5 Å². The van der Waals surface area contributed by atoms with E-state index < -0.39 is 5.97 Å². The molecule has 1 aromatic carbocycles. The first-order valence-corrected chi connectivity index (χ1v) is 5.11. The van der Waals surface area contributed by atoms with Crippen molar-refractivity contribution in [2.45, 2.75) is 20.8 Å². The van der Waals surface area contributed by atoms with Gasteiger partial charge in [0.25, 0.3) is 0 Å². The summed E-state index contributed by atoms with van der Waals surface area (Å²) in [4.78, 5) is 15.2. The summed E-state index contributed by atoms with van der Waals surface area (Å²) in [5.41, 5.74) is 3.71. The average Bonchev–Trinajstić information content (AvgIpc) is 2.22. The number of aromatic carboxylic acids is 1. The van der Waals surface area contributed by atoms with Gasteiger partial charge >= 0.3 is 5.97 Å². The van der Waals surface area contributed by atoms with Gasteiger partial charge in [-0.2, -0.15) is 0 Å². The van der Waals surface area contributed by atoms with E-state index in [1.807, 2.05) is 32.0 Å². The van der Waals surface area contributed by atoms with Crippen molar-refractivity contribution in [2.75, 3.05) is 0 Å². The maximum absolute atomic E-state index is 11.0. The van der Waals surface area contributed by atoms with Crippen LogP contribution in [0.4, 0.5) is 0 Å². The molecule has 0 aliphatic heterocycles. The molecule has 1 N–H and O–H groups in total. The summed E-state index contributed by atoms with van der Waals surface area (Å²) in [7, 11) is 0. The molecule has 0 aliphatic carbocycles. The van der Waals surface area contributed by atoms with E-state index in [2.05, 4.69) is 4.98 Å². The van der Waals surface area contributed by atoms with Crippen molar-refractivity contribution in [1.82, 2.24) is 4.98 Å². The number of hydrogen-bond acceptors (Lipinski definition) is 2. The lowest BCUT2D eigenvalue weighted by Crippen LogP contribution is -2.05. The second-order valence-corrected chi connectivity index (χ2v) is 4.04. The maximum atomic E-state index is 11.0. The van der Waals surface area contributed by atoms with Gasteiger partial charge in [-0.15, -0.1) is 0 Å². The number of nitrogens with zero attached hydrogens (tertiary/aromatic N) is 1. The summed E-state index contributed by atoms with van der Waals surface area (Å²) in [6.45, 7) is 5.70. The minimum Gasteiger partial charge on any atom is -0.477 e. The van der Waals surface area contributed by atoms with Crippen LogP contribution in [0.2, 0.25) is 0 Å². The van der Waals surface area contributed by atoms with Crippen LogP contribution in [0.1, 0.15) is 27.2 Å². The van der Waals surface area contributed by atoms with Crippen molar-refractivity contribution in [3.63, 3.8) is 0 Å². The lowest BCUT2D eigenvalue weighted by Gasteiger charge is -2.09. The van der Waals surface area contributed by atoms with Crippen molar-refractivity contribution >= 4 is 16.9 Å². The molecule has 0 fully saturated rings. The van der Waals surface area contributed by atoms with E-state index in [1.54, 1.807) is 6.92 Å². The van der Waals surface area contributed by atoms with Crippen molar-refractivity contribution in [2.24, 2.45) is 0 Å². The van der Waals surface area contributed by atoms with Crippen LogP contribution in [0.15, 0.2) is 18.2 Å². The third-order valence-corrected chi connectivity index (χ3v) is 2.91. The fourth-order valence-electron chi connectivity index (χ4n) is 1.84. The predicted octanol–water partition coefficient (Wildman–Crippen LogP) is 2.86. The highest BCUT2D eigenvalue weighted by Crippen LogP contribution is 2.23. The molecular weight excluding hydrogens is 202 g/mol. The van der Waals surface area contributed by atoms with Crippen LogP contribution in [0.25, 0.3) is 10.9 Å². The standard InChI is InChI=1S/C13H13NO2/c1-7-4-5-10-8(2)9(3)12(13(15)16)14-11(10)6-7/h4-6H,1-3H3,(H,15,16). The number of benzene rings is 1. The van der Waals surface area contributed by atoms with E-state index in [1.165, 1.54) is 0 Å². The van der Waals surface area contributed by atoms with E-state index in [-0.39, 0.29) is 5.69 Å². The Morgan fingerprint density at radius 2 is 1.88 bits per heavy atom. The van der Waals surface area contributed by atoms with Gasteiger partial charge in [0.05, 0.1) is 5.52 Å². The Balaban J connectivity index is 2.88. The van der Waals surface area contributed by atoms with Crippen LogP contribution in [-0.2, 0) is 0 Å². The molecule has 3 nitrogen and oxygen atoms in total. The number of hydrogen-bond donors (Lipinski definition) is 1. The fraction of sp³-hybridized carbons (Fsp3) is 0.231. The van der Waals surface area contributed by atoms with Crippen LogP contribution < -0.4 is 0 Å². The summed E-state index contributed by atoms with van der Waals surface area (Å²) in [5, 5.41) is 10.1. The Bertz CT molecular complexity index is 588. The normalized spacial score (nSPS) is 10.7. The number of aryl methyl sites for hydroxylation is 2. The van der Waals surface area contributed by atoms with Crippen molar-refractivity contribution in [3.8, 4) is 0 Å². The number of carboxylic acids is 1. The summed E-state index contributed by atoms with van der Waals surface area (Å²) in [6.07, 6.45) is 0. The Kier molecular flexibility index (Phi) is 2.38. The van der Waals surface area contributed by atoms with Crippen molar-refractivity contribution in [1.29, 1.82) is 0 Å². The zero-order valence-corrected chi connectivity index (χ0v) is 9.53. The number of pyridine rings is 1. The Hall–Kier alpha value is -1.90. The number of carbonyl (C=O) groups is 1. The molecule has 0 unspecified atom stereocenters. The lowest BCUT2D eigenvalue weighted by atomic mass is 10.0. The van der Waals surface area contributed by atoms with Gasteiger partial charge in [-0.3, -0.25) is 0 Å². The molecular formula is C13H13NO2. The second kappa shape index (κ2) is 3.59. The Morgan fingerprint density at radius 3 is 2.50 bits per heavy atom. The van der Waals surface area contributed by atoms with Gasteiger partial charge in [0.15, 0.2) is 5.69 Å². The molecule has 0 atom stereocenters. The molecule has 0 saturated carbocycles. The highest BCUT2D eigenvalue weighted by Gasteiger charge is 2.13. The molecule has 0 bridgehead atoms. The van der Waals surface area contributed by atoms with E-state index in [0.717, 1.165) is 27.6 Å². The van der Waals surface area contributed by atoms with Gasteiger partial charge in [-0.1, -0.05) is 12.1 Å². The van der Waals surface area contributed by atoms with Crippen LogP contribution in [0, 0.1) is 20.8 Å². The molecule has 82 valence electrons. The van der Waals surface area contributed by atoms with Gasteiger partial charge in [0.2, 0.25) is 0 Å². The molecule has 0 spiro atoms. The summed E-state index contributed by atoms with van der Waals surface area (Å²) in [5.74, 6) is -0.969. The molecule has 2 aromatic rings. The first-order chi connectivity index (χ1) is 7.50. The molecule has 0 radical (unpaired) electrons. The highest BCUT2D eigenvalue weighted by molar-refractivity contribution is 5.93. The molecule has 0 amide bonds. The third kappa shape index (κ3) is 1.54. The minimum absolute atomic E-state index is 0.149. The van der Waals surface area contributed by atoms with Crippen molar-refractivity contribution in [3.05, 3.63) is 40.6 Å². The van der Waals surface area contributed by atoms with Crippen LogP contribution in [-0.4, -0.2) is 16.1 Å². The molecule has 3 heteroatoms. The summed E-state index contributed by atoms with van der Waals surface area (Å²) in [6, 6.07) is 5.91. The van der Waals surface area contributed by atoms with E-state index in [4.69, 9.17) is 5.11 Å². The quantitative estimate of drug-likeness (QED) is 0.795. The van der Waals surface area contributed by atoms with E-state index in [9.17, 15) is 4.79 Å². The second-order valence-electron chi connectivity index (χ2n) is 4.04. The summed E-state index contributed by atoms with van der Waals surface area (Å²) >= 11 is 0. The molecule has 0 aliphatic rings. The zero-order valence-electron chi connectivity index (χ0n) is 9.53. The Labute approximate surface area is 93.7 Å². The number of aromatic nitrogens is 1. The van der Waals surface area contributed by atoms with Crippen LogP contribution in [0.5, 0.6) is 0 Å². The zero-order chi connectivity index (χ0) is 11.9. The molecule has 0 saturated heterocycles. The van der Waals surface area contributed by atoms with Gasteiger partial charge in [0.1, 0.15) is 0 Å². The van der Waals surface area contributed by atoms with Gasteiger partial charge in [-0.25, -0.2) is 9.78 Å². The Morgan fingerprint density at radius 1 is 1.19 bits per heavy atom. The average molecular weight is 215 g/mol. The molecule has 1 aromatic heterocycles. The first kappa shape index (κ1) is 10.6. The van der Waals surface area contributed by atoms with E-state index >= 15 is 0 Å². The lowest BCUT2D eigenvalue weighted by molar-refractivity contribution is 0.0690. The minimum atomic E-state index is -0.969. The van der Waals surface area contributed by atoms with E-state index in [0.29, 0.717) is 0 Å². The predicted molar refractivity (Wildman–Crippen MR) is 62.9 cm³/mol. The molecule has 2 rings (SSSR count). The highest BCUT2D eigenvalue weighted by atomic mass is 16.4. The largest absolute Gasteiger partial charge is 0.477 e. The number of carboxylic acid groups (broad SMARTS) is 1. The molecule has 1 heterocycles. The van der Waals surface area contributed by atoms with Crippen molar-refractivity contribution < 1.29 is 9.90 Å². The number of fused-ring (bicyclic) bond motifs is 1. The SMILES string of the molecule is Cc1ccc2c(C)c(C)c(C(=O)O)nc2c1. The monoisotopic (exact) mass is 215 g/mol. The van der Waals surface area contributed by atoms with Gasteiger partial charge < -0.3 is 5.11 Å². The molecule has 16 heavy (non-hydrogen) atoms. The number of rotatable bonds is 1. The maximum Gasteiger partial charge on any atom is 0.354 e. The smallest absolute Gasteiger partial charge is 0.354 e. The third-order valence-electron chi connectivity index (χ3n) is 2.91. The van der Waals surface area contributed by atoms with Crippen LogP contribution >= 0.6 is 0 Å². The first-order valence-electron chi connectivity index (χ1n) is 5.11. The summed E-state index contributed by atoms with van der Waals surface area (Å²) < 4.78 is 0. The topological polar surface area (TPSA) is 50.2 Å². The van der Waals surface area contributed by atoms with Gasteiger partial charge in [0, 0.05) is 5.39 Å².